The van der Waals surface area contributed by atoms with Crippen molar-refractivity contribution in [2.45, 2.75) is 32.7 Å². The van der Waals surface area contributed by atoms with Gasteiger partial charge in [0.1, 0.15) is 5.92 Å². The highest BCUT2D eigenvalue weighted by Crippen LogP contribution is 2.31. The molecule has 2 unspecified atom stereocenters. The Morgan fingerprint density at radius 1 is 1.32 bits per heavy atom. The van der Waals surface area contributed by atoms with Crippen molar-refractivity contribution in [3.63, 3.8) is 0 Å². The highest BCUT2D eigenvalue weighted by Gasteiger charge is 2.40. The maximum absolute atomic E-state index is 12.6. The van der Waals surface area contributed by atoms with Gasteiger partial charge in [-0.15, -0.1) is 0 Å². The average molecular weight is 343 g/mol. The first-order valence-electron chi connectivity index (χ1n) is 8.75. The van der Waals surface area contributed by atoms with Gasteiger partial charge in [-0.05, 0) is 50.9 Å². The van der Waals surface area contributed by atoms with Gasteiger partial charge in [0, 0.05) is 6.54 Å². The summed E-state index contributed by atoms with van der Waals surface area (Å²) in [5.74, 6) is -0.951. The summed E-state index contributed by atoms with van der Waals surface area (Å²) in [5, 5.41) is 2.88. The number of nitrogens with zero attached hydrogens (tertiary/aromatic N) is 2. The molecule has 1 aromatic rings. The van der Waals surface area contributed by atoms with Crippen molar-refractivity contribution in [3.8, 4) is 0 Å². The smallest absolute Gasteiger partial charge is 0.341 e. The van der Waals surface area contributed by atoms with Crippen LogP contribution in [0.15, 0.2) is 23.2 Å². The van der Waals surface area contributed by atoms with Gasteiger partial charge < -0.3 is 10.1 Å². The first-order valence-corrected chi connectivity index (χ1v) is 8.75. The number of urea groups is 1. The molecule has 3 rings (SSSR count). The van der Waals surface area contributed by atoms with Crippen LogP contribution in [0.3, 0.4) is 0 Å². The van der Waals surface area contributed by atoms with Crippen LogP contribution >= 0.6 is 0 Å². The normalized spacial score (nSPS) is 24.0. The SMILES string of the molecule is COC(=O)C1C(CN2CCCC2)=NC(=O)NC1c1cc(C)ccc1C. The van der Waals surface area contributed by atoms with Gasteiger partial charge in [0.05, 0.1) is 18.9 Å². The zero-order valence-corrected chi connectivity index (χ0v) is 15.0. The Morgan fingerprint density at radius 2 is 2.04 bits per heavy atom. The number of hydrogen-bond donors (Lipinski definition) is 1. The molecule has 0 aliphatic carbocycles. The van der Waals surface area contributed by atoms with E-state index in [2.05, 4.69) is 15.2 Å². The summed E-state index contributed by atoms with van der Waals surface area (Å²) in [6.45, 7) is 6.47. The lowest BCUT2D eigenvalue weighted by atomic mass is 9.85. The molecule has 134 valence electrons. The molecule has 6 nitrogen and oxygen atoms in total. The predicted octanol–water partition coefficient (Wildman–Crippen LogP) is 2.39. The second-order valence-corrected chi connectivity index (χ2v) is 6.87. The number of carbonyl (C=O) groups excluding carboxylic acids is 2. The number of ether oxygens (including phenoxy) is 1. The standard InChI is InChI=1S/C19H25N3O3/c1-12-6-7-13(2)14(10-12)17-16(18(23)25-3)15(20-19(24)21-17)11-22-8-4-5-9-22/h6-7,10,16-17H,4-5,8-9,11H2,1-3H3,(H,21,24). The zero-order valence-electron chi connectivity index (χ0n) is 15.0. The third-order valence-electron chi connectivity index (χ3n) is 5.03. The van der Waals surface area contributed by atoms with Crippen molar-refractivity contribution in [1.82, 2.24) is 10.2 Å². The minimum Gasteiger partial charge on any atom is -0.468 e. The van der Waals surface area contributed by atoms with Crippen molar-refractivity contribution >= 4 is 17.7 Å². The van der Waals surface area contributed by atoms with E-state index in [0.29, 0.717) is 12.3 Å². The van der Waals surface area contributed by atoms with Gasteiger partial charge in [0.2, 0.25) is 0 Å². The molecule has 0 bridgehead atoms. The topological polar surface area (TPSA) is 71.0 Å². The summed E-state index contributed by atoms with van der Waals surface area (Å²) in [5.41, 5.74) is 3.66. The number of amides is 2. The molecule has 0 spiro atoms. The van der Waals surface area contributed by atoms with E-state index in [4.69, 9.17) is 4.74 Å². The number of aryl methyl sites for hydroxylation is 2. The number of rotatable bonds is 4. The number of esters is 1. The lowest BCUT2D eigenvalue weighted by molar-refractivity contribution is -0.144. The molecule has 2 aliphatic rings. The minimum atomic E-state index is -0.594. The number of aliphatic imine (C=N–C) groups is 1. The third-order valence-corrected chi connectivity index (χ3v) is 5.03. The van der Waals surface area contributed by atoms with Gasteiger partial charge in [-0.1, -0.05) is 23.8 Å². The summed E-state index contributed by atoms with van der Waals surface area (Å²) in [6, 6.07) is 5.22. The first-order chi connectivity index (χ1) is 12.0. The Kier molecular flexibility index (Phi) is 5.18. The molecule has 1 fully saturated rings. The van der Waals surface area contributed by atoms with E-state index in [9.17, 15) is 9.59 Å². The van der Waals surface area contributed by atoms with Crippen molar-refractivity contribution < 1.29 is 14.3 Å². The molecule has 25 heavy (non-hydrogen) atoms. The van der Waals surface area contributed by atoms with E-state index in [-0.39, 0.29) is 12.0 Å². The maximum atomic E-state index is 12.6. The number of carbonyl (C=O) groups is 2. The summed E-state index contributed by atoms with van der Waals surface area (Å²) < 4.78 is 5.05. The maximum Gasteiger partial charge on any atom is 0.341 e. The lowest BCUT2D eigenvalue weighted by Crippen LogP contribution is -2.48. The third kappa shape index (κ3) is 3.74. The van der Waals surface area contributed by atoms with Crippen molar-refractivity contribution in [2.75, 3.05) is 26.7 Å². The van der Waals surface area contributed by atoms with Gasteiger partial charge in [-0.25, -0.2) is 9.79 Å². The van der Waals surface area contributed by atoms with Gasteiger partial charge in [0.15, 0.2) is 0 Å². The molecule has 2 aliphatic heterocycles. The highest BCUT2D eigenvalue weighted by molar-refractivity contribution is 6.10. The van der Waals surface area contributed by atoms with Crippen LogP contribution in [0.2, 0.25) is 0 Å². The lowest BCUT2D eigenvalue weighted by Gasteiger charge is -2.33. The van der Waals surface area contributed by atoms with E-state index in [0.717, 1.165) is 42.6 Å². The molecule has 2 atom stereocenters. The highest BCUT2D eigenvalue weighted by atomic mass is 16.5. The first kappa shape index (κ1) is 17.6. The average Bonchev–Trinajstić information content (AvgIpc) is 3.09. The van der Waals surface area contributed by atoms with Gasteiger partial charge in [-0.3, -0.25) is 9.69 Å². The fourth-order valence-corrected chi connectivity index (χ4v) is 3.70. The molecular weight excluding hydrogens is 318 g/mol. The number of benzene rings is 1. The Morgan fingerprint density at radius 3 is 2.72 bits per heavy atom. The van der Waals surface area contributed by atoms with E-state index < -0.39 is 12.0 Å². The van der Waals surface area contributed by atoms with Crippen LogP contribution < -0.4 is 5.32 Å². The molecule has 2 heterocycles. The van der Waals surface area contributed by atoms with Crippen molar-refractivity contribution in [3.05, 3.63) is 34.9 Å². The molecule has 1 N–H and O–H groups in total. The van der Waals surface area contributed by atoms with Crippen LogP contribution in [0.1, 0.15) is 35.6 Å². The fourth-order valence-electron chi connectivity index (χ4n) is 3.70. The molecule has 1 aromatic carbocycles. The van der Waals surface area contributed by atoms with E-state index in [1.165, 1.54) is 7.11 Å². The Labute approximate surface area is 148 Å². The number of hydrogen-bond acceptors (Lipinski definition) is 4. The van der Waals surface area contributed by atoms with Gasteiger partial charge in [0.25, 0.3) is 0 Å². The van der Waals surface area contributed by atoms with Crippen LogP contribution in [-0.2, 0) is 9.53 Å². The number of nitrogens with one attached hydrogen (secondary N) is 1. The minimum absolute atomic E-state index is 0.358. The van der Waals surface area contributed by atoms with Crippen LogP contribution in [-0.4, -0.2) is 49.4 Å². The quantitative estimate of drug-likeness (QED) is 0.852. The Balaban J connectivity index is 1.98. The van der Waals surface area contributed by atoms with E-state index >= 15 is 0 Å². The van der Waals surface area contributed by atoms with E-state index in [1.807, 2.05) is 32.0 Å². The second-order valence-electron chi connectivity index (χ2n) is 6.87. The Bertz CT molecular complexity index is 708. The fraction of sp³-hybridized carbons (Fsp3) is 0.526. The molecular formula is C19H25N3O3. The summed E-state index contributed by atoms with van der Waals surface area (Å²) in [7, 11) is 1.38. The molecule has 1 saturated heterocycles. The van der Waals surface area contributed by atoms with Crippen LogP contribution in [0.5, 0.6) is 0 Å². The Hall–Kier alpha value is -2.21. The van der Waals surface area contributed by atoms with E-state index in [1.54, 1.807) is 0 Å². The van der Waals surface area contributed by atoms with Crippen LogP contribution in [0.25, 0.3) is 0 Å². The monoisotopic (exact) mass is 343 g/mol. The van der Waals surface area contributed by atoms with Crippen molar-refractivity contribution in [2.24, 2.45) is 10.9 Å². The summed E-state index contributed by atoms with van der Waals surface area (Å²) in [4.78, 5) is 31.2. The van der Waals surface area contributed by atoms with Gasteiger partial charge in [-0.2, -0.15) is 0 Å². The largest absolute Gasteiger partial charge is 0.468 e. The zero-order chi connectivity index (χ0) is 18.0. The molecule has 6 heteroatoms. The summed E-state index contributed by atoms with van der Waals surface area (Å²) >= 11 is 0. The number of likely N-dealkylation sites (tertiary alicyclic amines) is 1. The van der Waals surface area contributed by atoms with Crippen LogP contribution in [0, 0.1) is 19.8 Å². The molecule has 0 radical (unpaired) electrons. The summed E-state index contributed by atoms with van der Waals surface area (Å²) in [6.07, 6.45) is 2.28. The van der Waals surface area contributed by atoms with Gasteiger partial charge >= 0.3 is 12.0 Å². The predicted molar refractivity (Wildman–Crippen MR) is 95.8 cm³/mol. The molecule has 0 aromatic heterocycles. The second kappa shape index (κ2) is 7.35. The molecule has 2 amide bonds. The van der Waals surface area contributed by atoms with Crippen molar-refractivity contribution in [1.29, 1.82) is 0 Å². The van der Waals surface area contributed by atoms with Crippen LogP contribution in [0.4, 0.5) is 4.79 Å². The molecule has 0 saturated carbocycles. The number of methoxy groups -OCH3 is 1.